The number of ether oxygens (including phenoxy) is 2. The Morgan fingerprint density at radius 1 is 1.12 bits per heavy atom. The van der Waals surface area contributed by atoms with Crippen molar-refractivity contribution in [3.05, 3.63) is 45.2 Å². The second-order valence-electron chi connectivity index (χ2n) is 9.47. The minimum absolute atomic E-state index is 0.112. The number of aromatic nitrogens is 1. The molecule has 34 heavy (non-hydrogen) atoms. The number of carboxylic acids is 1. The topological polar surface area (TPSA) is 112 Å². The van der Waals surface area contributed by atoms with Crippen molar-refractivity contribution in [2.45, 2.75) is 67.6 Å². The second-order valence-corrected chi connectivity index (χ2v) is 11.7. The first kappa shape index (κ1) is 23.1. The standard InChI is InChI=1S/C25H29NO7S/c1-14-17-11-20(25(28)29)24(27)26(16-7-8-16)23(17)19-12-18(15-5-3-6-15)21(33-10-4-9-32-2)13-22(19)34(14,30)31/h11-16H,3-10H2,1-2H3,(H,28,29). The fourth-order valence-corrected chi connectivity index (χ4v) is 6.62. The molecule has 2 aliphatic carbocycles. The number of carbonyl (C=O) groups is 1. The van der Waals surface area contributed by atoms with Crippen LogP contribution in [0.2, 0.25) is 0 Å². The Balaban J connectivity index is 1.75. The summed E-state index contributed by atoms with van der Waals surface area (Å²) in [6.07, 6.45) is 5.31. The Morgan fingerprint density at radius 3 is 2.44 bits per heavy atom. The Morgan fingerprint density at radius 2 is 1.85 bits per heavy atom. The van der Waals surface area contributed by atoms with E-state index in [0.29, 0.717) is 42.2 Å². The Labute approximate surface area is 198 Å². The molecule has 1 N–H and O–H groups in total. The fraction of sp³-hybridized carbons (Fsp3) is 0.520. The zero-order chi connectivity index (χ0) is 24.2. The van der Waals surface area contributed by atoms with Gasteiger partial charge in [-0.1, -0.05) is 6.42 Å². The quantitative estimate of drug-likeness (QED) is 0.559. The van der Waals surface area contributed by atoms with E-state index in [1.165, 1.54) is 10.6 Å². The van der Waals surface area contributed by atoms with Gasteiger partial charge in [0.1, 0.15) is 11.3 Å². The van der Waals surface area contributed by atoms with Gasteiger partial charge in [0.25, 0.3) is 5.56 Å². The van der Waals surface area contributed by atoms with Crippen LogP contribution in [-0.2, 0) is 14.6 Å². The number of fused-ring (bicyclic) bond motifs is 3. The average Bonchev–Trinajstić information content (AvgIpc) is 3.59. The Hall–Kier alpha value is -2.65. The van der Waals surface area contributed by atoms with Crippen LogP contribution in [0.4, 0.5) is 0 Å². The van der Waals surface area contributed by atoms with E-state index in [2.05, 4.69) is 0 Å². The summed E-state index contributed by atoms with van der Waals surface area (Å²) in [5, 5.41) is 8.65. The molecule has 8 nitrogen and oxygen atoms in total. The van der Waals surface area contributed by atoms with Gasteiger partial charge in [0.15, 0.2) is 9.84 Å². The molecular formula is C25H29NO7S. The third-order valence-electron chi connectivity index (χ3n) is 7.28. The van der Waals surface area contributed by atoms with E-state index in [1.807, 2.05) is 6.07 Å². The van der Waals surface area contributed by atoms with E-state index in [9.17, 15) is 23.1 Å². The molecule has 2 fully saturated rings. The molecule has 0 amide bonds. The first-order valence-electron chi connectivity index (χ1n) is 11.8. The lowest BCUT2D eigenvalue weighted by Gasteiger charge is -2.32. The molecule has 1 aromatic heterocycles. The first-order chi connectivity index (χ1) is 16.3. The highest BCUT2D eigenvalue weighted by Gasteiger charge is 2.42. The maximum absolute atomic E-state index is 13.6. The largest absolute Gasteiger partial charge is 0.493 e. The second kappa shape index (κ2) is 8.53. The third-order valence-corrected chi connectivity index (χ3v) is 9.41. The summed E-state index contributed by atoms with van der Waals surface area (Å²) in [6.45, 7) is 2.52. The number of sulfone groups is 1. The van der Waals surface area contributed by atoms with Gasteiger partial charge in [0.2, 0.25) is 0 Å². The first-order valence-corrected chi connectivity index (χ1v) is 13.4. The molecule has 0 spiro atoms. The van der Waals surface area contributed by atoms with E-state index in [4.69, 9.17) is 9.47 Å². The van der Waals surface area contributed by atoms with Gasteiger partial charge in [-0.2, -0.15) is 0 Å². The molecule has 5 rings (SSSR count). The van der Waals surface area contributed by atoms with Crippen LogP contribution in [0.1, 0.15) is 84.1 Å². The molecule has 2 saturated carbocycles. The third kappa shape index (κ3) is 3.65. The van der Waals surface area contributed by atoms with Crippen molar-refractivity contribution in [1.82, 2.24) is 4.57 Å². The van der Waals surface area contributed by atoms with Crippen LogP contribution < -0.4 is 10.3 Å². The summed E-state index contributed by atoms with van der Waals surface area (Å²) in [7, 11) is -2.19. The molecular weight excluding hydrogens is 458 g/mol. The lowest BCUT2D eigenvalue weighted by atomic mass is 9.79. The number of rotatable bonds is 8. The molecule has 1 unspecified atom stereocenters. The zero-order valence-electron chi connectivity index (χ0n) is 19.4. The molecule has 0 bridgehead atoms. The van der Waals surface area contributed by atoms with Crippen molar-refractivity contribution < 1.29 is 27.8 Å². The summed E-state index contributed by atoms with van der Waals surface area (Å²) in [6, 6.07) is 4.66. The van der Waals surface area contributed by atoms with Crippen molar-refractivity contribution in [3.63, 3.8) is 0 Å². The number of benzene rings is 1. The van der Waals surface area contributed by atoms with E-state index in [1.54, 1.807) is 20.1 Å². The highest BCUT2D eigenvalue weighted by Crippen LogP contribution is 2.51. The average molecular weight is 488 g/mol. The predicted molar refractivity (Wildman–Crippen MR) is 126 cm³/mol. The van der Waals surface area contributed by atoms with Crippen LogP contribution in [0.25, 0.3) is 11.3 Å². The predicted octanol–water partition coefficient (Wildman–Crippen LogP) is 4.08. The normalized spacial score (nSPS) is 20.8. The summed E-state index contributed by atoms with van der Waals surface area (Å²) in [5.74, 6) is -0.499. The van der Waals surface area contributed by atoms with Crippen molar-refractivity contribution in [1.29, 1.82) is 0 Å². The molecule has 2 heterocycles. The van der Waals surface area contributed by atoms with Gasteiger partial charge in [0, 0.05) is 31.7 Å². The fourth-order valence-electron chi connectivity index (χ4n) is 4.99. The minimum atomic E-state index is -3.81. The number of nitrogens with zero attached hydrogens (tertiary/aromatic N) is 1. The van der Waals surface area contributed by atoms with Gasteiger partial charge in [0.05, 0.1) is 22.4 Å². The zero-order valence-corrected chi connectivity index (χ0v) is 20.2. The van der Waals surface area contributed by atoms with E-state index < -0.39 is 26.6 Å². The molecule has 1 atom stereocenters. The molecule has 1 aromatic carbocycles. The molecule has 3 aliphatic rings. The van der Waals surface area contributed by atoms with Crippen molar-refractivity contribution >= 4 is 15.8 Å². The van der Waals surface area contributed by atoms with Crippen LogP contribution in [0, 0.1) is 0 Å². The Kier molecular flexibility index (Phi) is 5.80. The van der Waals surface area contributed by atoms with Gasteiger partial charge in [-0.25, -0.2) is 13.2 Å². The van der Waals surface area contributed by atoms with Crippen molar-refractivity contribution in [3.8, 4) is 17.0 Å². The van der Waals surface area contributed by atoms with Crippen LogP contribution in [0.5, 0.6) is 5.75 Å². The van der Waals surface area contributed by atoms with Gasteiger partial charge in [-0.15, -0.1) is 0 Å². The molecule has 1 aliphatic heterocycles. The van der Waals surface area contributed by atoms with Crippen molar-refractivity contribution in [2.24, 2.45) is 0 Å². The SMILES string of the molecule is COCCCOc1cc2c(cc1C1CCC1)-c1c(cc(C(=O)O)c(=O)n1C1CC1)C(C)S2(=O)=O. The lowest BCUT2D eigenvalue weighted by molar-refractivity contribution is 0.0694. The highest BCUT2D eigenvalue weighted by molar-refractivity contribution is 7.92. The van der Waals surface area contributed by atoms with E-state index in [-0.39, 0.29) is 22.4 Å². The number of hydrogen-bond acceptors (Lipinski definition) is 6. The lowest BCUT2D eigenvalue weighted by Crippen LogP contribution is -2.32. The number of aromatic carboxylic acids is 1. The number of carboxylic acid groups (broad SMARTS) is 1. The van der Waals surface area contributed by atoms with Gasteiger partial charge >= 0.3 is 5.97 Å². The molecule has 0 radical (unpaired) electrons. The maximum atomic E-state index is 13.6. The van der Waals surface area contributed by atoms with E-state index in [0.717, 1.165) is 37.7 Å². The number of methoxy groups -OCH3 is 1. The molecule has 2 aromatic rings. The van der Waals surface area contributed by atoms with E-state index >= 15 is 0 Å². The van der Waals surface area contributed by atoms with Crippen LogP contribution >= 0.6 is 0 Å². The van der Waals surface area contributed by atoms with Crippen LogP contribution in [-0.4, -0.2) is 44.4 Å². The summed E-state index contributed by atoms with van der Waals surface area (Å²) < 4.78 is 39.9. The minimum Gasteiger partial charge on any atom is -0.493 e. The van der Waals surface area contributed by atoms with Crippen molar-refractivity contribution in [2.75, 3.05) is 20.3 Å². The summed E-state index contributed by atoms with van der Waals surface area (Å²) in [4.78, 5) is 25.2. The highest BCUT2D eigenvalue weighted by atomic mass is 32.2. The molecule has 0 saturated heterocycles. The Bertz CT molecular complexity index is 1320. The summed E-state index contributed by atoms with van der Waals surface area (Å²) in [5.41, 5.74) is 1.41. The van der Waals surface area contributed by atoms with Gasteiger partial charge in [-0.05, 0) is 67.9 Å². The monoisotopic (exact) mass is 487 g/mol. The summed E-state index contributed by atoms with van der Waals surface area (Å²) >= 11 is 0. The number of hydrogen-bond donors (Lipinski definition) is 1. The van der Waals surface area contributed by atoms with Gasteiger partial charge < -0.3 is 19.1 Å². The number of pyridine rings is 1. The molecule has 9 heteroatoms. The molecule has 182 valence electrons. The smallest absolute Gasteiger partial charge is 0.341 e. The van der Waals surface area contributed by atoms with Crippen LogP contribution in [0.3, 0.4) is 0 Å². The van der Waals surface area contributed by atoms with Crippen LogP contribution in [0.15, 0.2) is 27.9 Å². The van der Waals surface area contributed by atoms with Gasteiger partial charge in [-0.3, -0.25) is 4.79 Å². The maximum Gasteiger partial charge on any atom is 0.341 e.